The molecule has 0 radical (unpaired) electrons. The van der Waals surface area contributed by atoms with Gasteiger partial charge in [-0.3, -0.25) is 0 Å². The Labute approximate surface area is 133 Å². The summed E-state index contributed by atoms with van der Waals surface area (Å²) in [7, 11) is 0. The molecule has 2 nitrogen and oxygen atoms in total. The summed E-state index contributed by atoms with van der Waals surface area (Å²) in [4.78, 5) is 0. The van der Waals surface area contributed by atoms with Crippen molar-refractivity contribution in [3.8, 4) is 6.07 Å². The van der Waals surface area contributed by atoms with Crippen molar-refractivity contribution in [3.05, 3.63) is 29.3 Å². The molecule has 0 heterocycles. The maximum atomic E-state index is 9.48. The lowest BCUT2D eigenvalue weighted by Crippen LogP contribution is -2.34. The lowest BCUT2D eigenvalue weighted by Gasteiger charge is -2.38. The average Bonchev–Trinajstić information content (AvgIpc) is 2.46. The Kier molecular flexibility index (Phi) is 5.17. The van der Waals surface area contributed by atoms with Crippen LogP contribution in [0, 0.1) is 28.6 Å². The van der Waals surface area contributed by atoms with Crippen LogP contribution >= 0.6 is 11.6 Å². The van der Waals surface area contributed by atoms with Crippen molar-refractivity contribution in [2.75, 3.05) is 5.32 Å². The van der Waals surface area contributed by atoms with E-state index in [4.69, 9.17) is 11.6 Å². The Balaban J connectivity index is 1.94. The van der Waals surface area contributed by atoms with Crippen LogP contribution in [0.1, 0.15) is 46.5 Å². The highest BCUT2D eigenvalue weighted by molar-refractivity contribution is 6.30. The first-order valence-corrected chi connectivity index (χ1v) is 8.19. The number of nitrogens with one attached hydrogen (secondary N) is 1. The van der Waals surface area contributed by atoms with Crippen LogP contribution in [0.2, 0.25) is 5.02 Å². The van der Waals surface area contributed by atoms with Gasteiger partial charge in [0.1, 0.15) is 6.04 Å². The standard InChI is InChI=1S/C18H25ClN2/c1-18(2,3)14-6-4-13(5-7-14)17(12-20)21-16-10-8-15(19)9-11-16/h8-11,13-14,17,21H,4-7H2,1-3H3. The number of rotatable bonds is 3. The van der Waals surface area contributed by atoms with E-state index >= 15 is 0 Å². The third-order valence-electron chi connectivity index (χ3n) is 4.77. The Hall–Kier alpha value is -1.20. The molecule has 0 spiro atoms. The van der Waals surface area contributed by atoms with Crippen LogP contribution in [0.5, 0.6) is 0 Å². The van der Waals surface area contributed by atoms with Crippen molar-refractivity contribution in [1.82, 2.24) is 0 Å². The van der Waals surface area contributed by atoms with Crippen LogP contribution in [-0.4, -0.2) is 6.04 Å². The predicted octanol–water partition coefficient (Wildman–Crippen LogP) is 5.50. The molecular formula is C18H25ClN2. The molecule has 0 aliphatic heterocycles. The molecule has 1 aliphatic rings. The Morgan fingerprint density at radius 3 is 2.19 bits per heavy atom. The normalized spacial score (nSPS) is 24.1. The summed E-state index contributed by atoms with van der Waals surface area (Å²) in [5.74, 6) is 1.23. The fraction of sp³-hybridized carbons (Fsp3) is 0.611. The third kappa shape index (κ3) is 4.38. The molecule has 1 saturated carbocycles. The van der Waals surface area contributed by atoms with Gasteiger partial charge >= 0.3 is 0 Å². The topological polar surface area (TPSA) is 35.8 Å². The SMILES string of the molecule is CC(C)(C)C1CCC(C(C#N)Nc2ccc(Cl)cc2)CC1. The van der Waals surface area contributed by atoms with Gasteiger partial charge < -0.3 is 5.32 Å². The molecule has 0 saturated heterocycles. The molecule has 1 unspecified atom stereocenters. The number of halogens is 1. The van der Waals surface area contributed by atoms with E-state index in [0.29, 0.717) is 11.3 Å². The number of hydrogen-bond acceptors (Lipinski definition) is 2. The van der Waals surface area contributed by atoms with Gasteiger partial charge in [0.05, 0.1) is 6.07 Å². The van der Waals surface area contributed by atoms with Gasteiger partial charge in [0, 0.05) is 10.7 Å². The van der Waals surface area contributed by atoms with Crippen molar-refractivity contribution in [2.24, 2.45) is 17.3 Å². The van der Waals surface area contributed by atoms with E-state index in [-0.39, 0.29) is 6.04 Å². The van der Waals surface area contributed by atoms with Gasteiger partial charge in [-0.2, -0.15) is 5.26 Å². The Bertz CT molecular complexity index is 487. The quantitative estimate of drug-likeness (QED) is 0.800. The molecular weight excluding hydrogens is 280 g/mol. The number of nitriles is 1. The van der Waals surface area contributed by atoms with Crippen LogP contribution in [0.3, 0.4) is 0 Å². The molecule has 1 aromatic rings. The van der Waals surface area contributed by atoms with Crippen LogP contribution < -0.4 is 5.32 Å². The van der Waals surface area contributed by atoms with Gasteiger partial charge in [0.15, 0.2) is 0 Å². The predicted molar refractivity (Wildman–Crippen MR) is 89.4 cm³/mol. The molecule has 1 N–H and O–H groups in total. The summed E-state index contributed by atoms with van der Waals surface area (Å²) in [6, 6.07) is 9.93. The van der Waals surface area contributed by atoms with Gasteiger partial charge in [-0.1, -0.05) is 32.4 Å². The average molecular weight is 305 g/mol. The largest absolute Gasteiger partial charge is 0.370 e. The van der Waals surface area contributed by atoms with Crippen molar-refractivity contribution < 1.29 is 0 Å². The van der Waals surface area contributed by atoms with Gasteiger partial charge in [-0.25, -0.2) is 0 Å². The first kappa shape index (κ1) is 16.2. The molecule has 1 aliphatic carbocycles. The highest BCUT2D eigenvalue weighted by Gasteiger charge is 2.32. The molecule has 2 rings (SSSR count). The summed E-state index contributed by atoms with van der Waals surface area (Å²) in [5.41, 5.74) is 1.36. The van der Waals surface area contributed by atoms with Crippen LogP contribution in [0.25, 0.3) is 0 Å². The van der Waals surface area contributed by atoms with E-state index in [1.54, 1.807) is 0 Å². The Morgan fingerprint density at radius 1 is 1.14 bits per heavy atom. The summed E-state index contributed by atoms with van der Waals surface area (Å²) in [6.45, 7) is 6.98. The van der Waals surface area contributed by atoms with Crippen molar-refractivity contribution in [2.45, 2.75) is 52.5 Å². The second-order valence-electron chi connectivity index (χ2n) is 7.24. The summed E-state index contributed by atoms with van der Waals surface area (Å²) >= 11 is 5.90. The zero-order valence-corrected chi connectivity index (χ0v) is 14.0. The van der Waals surface area contributed by atoms with Crippen LogP contribution in [0.15, 0.2) is 24.3 Å². The minimum Gasteiger partial charge on any atom is -0.370 e. The zero-order valence-electron chi connectivity index (χ0n) is 13.2. The summed E-state index contributed by atoms with van der Waals surface area (Å²) < 4.78 is 0. The zero-order chi connectivity index (χ0) is 15.5. The third-order valence-corrected chi connectivity index (χ3v) is 5.03. The van der Waals surface area contributed by atoms with E-state index in [2.05, 4.69) is 32.2 Å². The lowest BCUT2D eigenvalue weighted by molar-refractivity contribution is 0.148. The molecule has 114 valence electrons. The van der Waals surface area contributed by atoms with Crippen molar-refractivity contribution >= 4 is 17.3 Å². The summed E-state index contributed by atoms with van der Waals surface area (Å²) in [6.07, 6.45) is 4.74. The molecule has 3 heteroatoms. The minimum atomic E-state index is -0.105. The summed E-state index contributed by atoms with van der Waals surface area (Å²) in [5, 5.41) is 13.6. The van der Waals surface area contributed by atoms with Crippen LogP contribution in [-0.2, 0) is 0 Å². The molecule has 1 aromatic carbocycles. The fourth-order valence-corrected chi connectivity index (χ4v) is 3.43. The number of nitrogens with zero attached hydrogens (tertiary/aromatic N) is 1. The maximum absolute atomic E-state index is 9.48. The van der Waals surface area contributed by atoms with Gasteiger partial charge in [-0.05, 0) is 67.2 Å². The molecule has 0 amide bonds. The second-order valence-corrected chi connectivity index (χ2v) is 7.67. The lowest BCUT2D eigenvalue weighted by atomic mass is 9.68. The molecule has 1 atom stereocenters. The molecule has 21 heavy (non-hydrogen) atoms. The van der Waals surface area contributed by atoms with E-state index in [1.165, 1.54) is 12.8 Å². The van der Waals surface area contributed by atoms with Gasteiger partial charge in [0.25, 0.3) is 0 Å². The number of benzene rings is 1. The first-order valence-electron chi connectivity index (χ1n) is 7.82. The smallest absolute Gasteiger partial charge is 0.117 e. The van der Waals surface area contributed by atoms with Crippen LogP contribution in [0.4, 0.5) is 5.69 Å². The Morgan fingerprint density at radius 2 is 1.71 bits per heavy atom. The minimum absolute atomic E-state index is 0.105. The fourth-order valence-electron chi connectivity index (χ4n) is 3.30. The highest BCUT2D eigenvalue weighted by Crippen LogP contribution is 2.41. The van der Waals surface area contributed by atoms with E-state index in [9.17, 15) is 5.26 Å². The van der Waals surface area contributed by atoms with Crippen molar-refractivity contribution in [3.63, 3.8) is 0 Å². The van der Waals surface area contributed by atoms with Gasteiger partial charge in [0.2, 0.25) is 0 Å². The molecule has 0 bridgehead atoms. The molecule has 1 fully saturated rings. The van der Waals surface area contributed by atoms with E-state index in [0.717, 1.165) is 29.5 Å². The number of anilines is 1. The second kappa shape index (κ2) is 6.71. The number of hydrogen-bond donors (Lipinski definition) is 1. The first-order chi connectivity index (χ1) is 9.90. The van der Waals surface area contributed by atoms with Crippen molar-refractivity contribution in [1.29, 1.82) is 5.26 Å². The molecule has 0 aromatic heterocycles. The van der Waals surface area contributed by atoms with E-state index in [1.807, 2.05) is 24.3 Å². The van der Waals surface area contributed by atoms with Gasteiger partial charge in [-0.15, -0.1) is 0 Å². The van der Waals surface area contributed by atoms with E-state index < -0.39 is 0 Å². The maximum Gasteiger partial charge on any atom is 0.117 e. The monoisotopic (exact) mass is 304 g/mol. The highest BCUT2D eigenvalue weighted by atomic mass is 35.5.